The summed E-state index contributed by atoms with van der Waals surface area (Å²) in [5.41, 5.74) is 0.908. The number of nitrogens with one attached hydrogen (secondary N) is 1. The summed E-state index contributed by atoms with van der Waals surface area (Å²) in [7, 11) is 0. The third-order valence-electron chi connectivity index (χ3n) is 3.65. The summed E-state index contributed by atoms with van der Waals surface area (Å²) < 4.78 is 0. The maximum Gasteiger partial charge on any atom is 0.0914 e. The van der Waals surface area contributed by atoms with Crippen molar-refractivity contribution in [1.29, 1.82) is 0 Å². The predicted octanol–water partition coefficient (Wildman–Crippen LogP) is 2.45. The van der Waals surface area contributed by atoms with E-state index in [1.165, 1.54) is 25.9 Å². The molecule has 2 atom stereocenters. The highest BCUT2D eigenvalue weighted by Crippen LogP contribution is 2.16. The van der Waals surface area contributed by atoms with Crippen molar-refractivity contribution >= 4 is 11.6 Å². The Balaban J connectivity index is 1.73. The third kappa shape index (κ3) is 4.77. The lowest BCUT2D eigenvalue weighted by molar-refractivity contribution is 0.166. The van der Waals surface area contributed by atoms with Crippen LogP contribution in [0.4, 0.5) is 0 Å². The minimum atomic E-state index is -0.474. The normalized spacial score (nSPS) is 19.5. The van der Waals surface area contributed by atoms with Crippen LogP contribution in [0.2, 0.25) is 5.02 Å². The summed E-state index contributed by atoms with van der Waals surface area (Å²) in [5, 5.41) is 14.2. The van der Waals surface area contributed by atoms with Gasteiger partial charge in [-0.05, 0) is 50.6 Å². The molecule has 1 heterocycles. The average molecular weight is 283 g/mol. The van der Waals surface area contributed by atoms with Crippen molar-refractivity contribution in [3.05, 3.63) is 34.9 Å². The van der Waals surface area contributed by atoms with Gasteiger partial charge in [-0.25, -0.2) is 0 Å². The molecule has 0 spiro atoms. The molecule has 2 unspecified atom stereocenters. The Hall–Kier alpha value is -0.610. The number of hydrogen-bond acceptors (Lipinski definition) is 3. The number of nitrogens with zero attached hydrogens (tertiary/aromatic N) is 1. The maximum atomic E-state index is 10.1. The van der Waals surface area contributed by atoms with E-state index in [4.69, 9.17) is 11.6 Å². The lowest BCUT2D eigenvalue weighted by atomic mass is 10.1. The van der Waals surface area contributed by atoms with Gasteiger partial charge in [-0.2, -0.15) is 0 Å². The first-order valence-corrected chi connectivity index (χ1v) is 7.42. The Morgan fingerprint density at radius 1 is 1.26 bits per heavy atom. The summed E-state index contributed by atoms with van der Waals surface area (Å²) >= 11 is 5.84. The fourth-order valence-corrected chi connectivity index (χ4v) is 2.66. The van der Waals surface area contributed by atoms with Gasteiger partial charge in [0.25, 0.3) is 0 Å². The molecule has 3 nitrogen and oxygen atoms in total. The van der Waals surface area contributed by atoms with Crippen LogP contribution in [0.25, 0.3) is 0 Å². The van der Waals surface area contributed by atoms with Crippen LogP contribution < -0.4 is 5.32 Å². The second kappa shape index (κ2) is 7.25. The molecule has 1 aromatic rings. The van der Waals surface area contributed by atoms with Crippen molar-refractivity contribution < 1.29 is 5.11 Å². The molecular weight excluding hydrogens is 260 g/mol. The van der Waals surface area contributed by atoms with Gasteiger partial charge in [-0.3, -0.25) is 0 Å². The molecule has 1 fully saturated rings. The van der Waals surface area contributed by atoms with E-state index < -0.39 is 6.10 Å². The zero-order valence-corrected chi connectivity index (χ0v) is 12.2. The highest BCUT2D eigenvalue weighted by Gasteiger charge is 2.15. The van der Waals surface area contributed by atoms with Crippen molar-refractivity contribution in [3.63, 3.8) is 0 Å². The number of halogens is 1. The Kier molecular flexibility index (Phi) is 5.64. The van der Waals surface area contributed by atoms with Crippen molar-refractivity contribution in [3.8, 4) is 0 Å². The van der Waals surface area contributed by atoms with Gasteiger partial charge in [0.05, 0.1) is 6.10 Å². The van der Waals surface area contributed by atoms with Crippen molar-refractivity contribution in [2.45, 2.75) is 31.9 Å². The molecule has 0 radical (unpaired) electrons. The molecule has 2 rings (SSSR count). The van der Waals surface area contributed by atoms with E-state index in [-0.39, 0.29) is 0 Å². The van der Waals surface area contributed by atoms with E-state index >= 15 is 0 Å². The molecule has 19 heavy (non-hydrogen) atoms. The number of aliphatic hydroxyl groups is 1. The van der Waals surface area contributed by atoms with Crippen LogP contribution in [0, 0.1) is 0 Å². The second-order valence-electron chi connectivity index (χ2n) is 5.38. The zero-order chi connectivity index (χ0) is 13.7. The fourth-order valence-electron chi connectivity index (χ4n) is 2.53. The van der Waals surface area contributed by atoms with Crippen LogP contribution >= 0.6 is 11.6 Å². The first-order valence-electron chi connectivity index (χ1n) is 7.04. The number of hydrogen-bond donors (Lipinski definition) is 2. The van der Waals surface area contributed by atoms with E-state index in [0.717, 1.165) is 12.1 Å². The van der Waals surface area contributed by atoms with Crippen molar-refractivity contribution in [1.82, 2.24) is 10.2 Å². The number of likely N-dealkylation sites (tertiary alicyclic amines) is 1. The van der Waals surface area contributed by atoms with Gasteiger partial charge < -0.3 is 15.3 Å². The van der Waals surface area contributed by atoms with Gasteiger partial charge >= 0.3 is 0 Å². The highest BCUT2D eigenvalue weighted by atomic mass is 35.5. The van der Waals surface area contributed by atoms with Gasteiger partial charge in [-0.1, -0.05) is 23.7 Å². The summed E-state index contributed by atoms with van der Waals surface area (Å²) in [5.74, 6) is 0. The predicted molar refractivity (Wildman–Crippen MR) is 79.6 cm³/mol. The molecule has 0 saturated carbocycles. The van der Waals surface area contributed by atoms with Crippen LogP contribution in [0.3, 0.4) is 0 Å². The molecule has 106 valence electrons. The van der Waals surface area contributed by atoms with E-state index in [9.17, 15) is 5.11 Å². The van der Waals surface area contributed by atoms with Crippen LogP contribution in [0.5, 0.6) is 0 Å². The van der Waals surface area contributed by atoms with Gasteiger partial charge in [0.2, 0.25) is 0 Å². The molecule has 0 aliphatic carbocycles. The van der Waals surface area contributed by atoms with Crippen molar-refractivity contribution in [2.24, 2.45) is 0 Å². The van der Waals surface area contributed by atoms with Gasteiger partial charge in [0, 0.05) is 24.2 Å². The molecule has 1 aliphatic rings. The topological polar surface area (TPSA) is 35.5 Å². The van der Waals surface area contributed by atoms with Crippen molar-refractivity contribution in [2.75, 3.05) is 26.2 Å². The summed E-state index contributed by atoms with van der Waals surface area (Å²) in [6.45, 7) is 6.24. The largest absolute Gasteiger partial charge is 0.387 e. The van der Waals surface area contributed by atoms with Gasteiger partial charge in [0.15, 0.2) is 0 Å². The van der Waals surface area contributed by atoms with E-state index in [2.05, 4.69) is 17.1 Å². The number of rotatable bonds is 6. The minimum Gasteiger partial charge on any atom is -0.387 e. The Bertz CT molecular complexity index is 376. The van der Waals surface area contributed by atoms with Crippen LogP contribution in [-0.2, 0) is 0 Å². The summed E-state index contributed by atoms with van der Waals surface area (Å²) in [4.78, 5) is 2.48. The Morgan fingerprint density at radius 3 is 2.53 bits per heavy atom. The third-order valence-corrected chi connectivity index (χ3v) is 3.90. The smallest absolute Gasteiger partial charge is 0.0914 e. The fraction of sp³-hybridized carbons (Fsp3) is 0.600. The van der Waals surface area contributed by atoms with E-state index in [1.807, 2.05) is 24.3 Å². The first kappa shape index (κ1) is 14.8. The lowest BCUT2D eigenvalue weighted by Gasteiger charge is -2.22. The highest BCUT2D eigenvalue weighted by molar-refractivity contribution is 6.30. The van der Waals surface area contributed by atoms with E-state index in [0.29, 0.717) is 17.6 Å². The van der Waals surface area contributed by atoms with Crippen LogP contribution in [0.1, 0.15) is 31.4 Å². The molecule has 4 heteroatoms. The first-order chi connectivity index (χ1) is 9.15. The molecule has 0 amide bonds. The van der Waals surface area contributed by atoms with E-state index in [1.54, 1.807) is 0 Å². The lowest BCUT2D eigenvalue weighted by Crippen LogP contribution is -2.39. The second-order valence-corrected chi connectivity index (χ2v) is 5.82. The zero-order valence-electron chi connectivity index (χ0n) is 11.5. The van der Waals surface area contributed by atoms with Crippen LogP contribution in [0.15, 0.2) is 24.3 Å². The molecule has 0 aromatic heterocycles. The Morgan fingerprint density at radius 2 is 1.89 bits per heavy atom. The molecular formula is C15H23ClN2O. The maximum absolute atomic E-state index is 10.1. The summed E-state index contributed by atoms with van der Waals surface area (Å²) in [6, 6.07) is 7.78. The quantitative estimate of drug-likeness (QED) is 0.841. The standard InChI is InChI=1S/C15H23ClN2O/c1-12(11-18-8-2-3-9-18)17-10-15(19)13-4-6-14(16)7-5-13/h4-7,12,15,17,19H,2-3,8-11H2,1H3. The summed E-state index contributed by atoms with van der Waals surface area (Å²) in [6.07, 6.45) is 2.17. The number of aliphatic hydroxyl groups excluding tert-OH is 1. The molecule has 1 saturated heterocycles. The minimum absolute atomic E-state index is 0.403. The SMILES string of the molecule is CC(CN1CCCC1)NCC(O)c1ccc(Cl)cc1. The molecule has 1 aliphatic heterocycles. The molecule has 2 N–H and O–H groups in total. The van der Waals surface area contributed by atoms with Gasteiger partial charge in [0.1, 0.15) is 0 Å². The average Bonchev–Trinajstić information content (AvgIpc) is 2.89. The number of benzene rings is 1. The van der Waals surface area contributed by atoms with Crippen LogP contribution in [-0.4, -0.2) is 42.2 Å². The van der Waals surface area contributed by atoms with Gasteiger partial charge in [-0.15, -0.1) is 0 Å². The Labute approximate surface area is 120 Å². The molecule has 1 aromatic carbocycles. The monoisotopic (exact) mass is 282 g/mol. The molecule has 0 bridgehead atoms.